The Labute approximate surface area is 142 Å². The minimum Gasteiger partial charge on any atom is -0.483 e. The molecule has 0 radical (unpaired) electrons. The van der Waals surface area contributed by atoms with Gasteiger partial charge >= 0.3 is 0 Å². The summed E-state index contributed by atoms with van der Waals surface area (Å²) in [5.74, 6) is 0.803. The SMILES string of the molecule is CCc1ccccc1OCC(=O)N1CCNCC1c1cccnc1. The maximum Gasteiger partial charge on any atom is 0.261 e. The summed E-state index contributed by atoms with van der Waals surface area (Å²) in [6.07, 6.45) is 4.46. The number of pyridine rings is 1. The zero-order chi connectivity index (χ0) is 16.8. The molecule has 1 aliphatic rings. The zero-order valence-corrected chi connectivity index (χ0v) is 13.9. The highest BCUT2D eigenvalue weighted by molar-refractivity contribution is 5.78. The second-order valence-electron chi connectivity index (χ2n) is 5.84. The molecular formula is C19H23N3O2. The van der Waals surface area contributed by atoms with E-state index in [1.165, 1.54) is 0 Å². The molecule has 5 nitrogen and oxygen atoms in total. The van der Waals surface area contributed by atoms with Crippen LogP contribution in [-0.4, -0.2) is 42.0 Å². The van der Waals surface area contributed by atoms with E-state index in [2.05, 4.69) is 17.2 Å². The largest absolute Gasteiger partial charge is 0.483 e. The van der Waals surface area contributed by atoms with E-state index in [1.807, 2.05) is 47.5 Å². The van der Waals surface area contributed by atoms with Gasteiger partial charge < -0.3 is 15.0 Å². The first-order chi connectivity index (χ1) is 11.8. The van der Waals surface area contributed by atoms with Crippen LogP contribution in [-0.2, 0) is 11.2 Å². The molecule has 2 aromatic rings. The lowest BCUT2D eigenvalue weighted by molar-refractivity contribution is -0.136. The molecule has 1 fully saturated rings. The lowest BCUT2D eigenvalue weighted by Crippen LogP contribution is -2.50. The number of aromatic nitrogens is 1. The fraction of sp³-hybridized carbons (Fsp3) is 0.368. The first-order valence-corrected chi connectivity index (χ1v) is 8.40. The summed E-state index contributed by atoms with van der Waals surface area (Å²) < 4.78 is 5.80. The van der Waals surface area contributed by atoms with Gasteiger partial charge in [-0.05, 0) is 29.7 Å². The smallest absolute Gasteiger partial charge is 0.261 e. The summed E-state index contributed by atoms with van der Waals surface area (Å²) >= 11 is 0. The van der Waals surface area contributed by atoms with Gasteiger partial charge in [0.2, 0.25) is 0 Å². The fourth-order valence-corrected chi connectivity index (χ4v) is 3.03. The number of hydrogen-bond acceptors (Lipinski definition) is 4. The molecule has 0 spiro atoms. The van der Waals surface area contributed by atoms with Crippen molar-refractivity contribution < 1.29 is 9.53 Å². The number of carbonyl (C=O) groups excluding carboxylic acids is 1. The number of rotatable bonds is 5. The monoisotopic (exact) mass is 325 g/mol. The molecule has 1 N–H and O–H groups in total. The molecule has 1 atom stereocenters. The molecule has 0 saturated carbocycles. The third-order valence-corrected chi connectivity index (χ3v) is 4.34. The molecule has 3 rings (SSSR count). The van der Waals surface area contributed by atoms with E-state index in [9.17, 15) is 4.79 Å². The van der Waals surface area contributed by atoms with Crippen LogP contribution in [0.2, 0.25) is 0 Å². The number of piperazine rings is 1. The van der Waals surface area contributed by atoms with Gasteiger partial charge in [-0.2, -0.15) is 0 Å². The van der Waals surface area contributed by atoms with E-state index in [0.29, 0.717) is 6.54 Å². The van der Waals surface area contributed by atoms with Gasteiger partial charge in [-0.1, -0.05) is 31.2 Å². The summed E-state index contributed by atoms with van der Waals surface area (Å²) in [6.45, 7) is 4.36. The summed E-state index contributed by atoms with van der Waals surface area (Å²) in [6, 6.07) is 11.8. The van der Waals surface area contributed by atoms with Crippen molar-refractivity contribution in [1.29, 1.82) is 0 Å². The average Bonchev–Trinajstić information content (AvgIpc) is 2.67. The number of amides is 1. The molecule has 1 amide bonds. The first-order valence-electron chi connectivity index (χ1n) is 8.40. The van der Waals surface area contributed by atoms with Crippen LogP contribution in [0.25, 0.3) is 0 Å². The number of benzene rings is 1. The Bertz CT molecular complexity index is 675. The van der Waals surface area contributed by atoms with Gasteiger partial charge in [0.1, 0.15) is 5.75 Å². The van der Waals surface area contributed by atoms with Crippen LogP contribution in [0.3, 0.4) is 0 Å². The van der Waals surface area contributed by atoms with Crippen molar-refractivity contribution in [2.24, 2.45) is 0 Å². The van der Waals surface area contributed by atoms with Gasteiger partial charge in [-0.25, -0.2) is 0 Å². The third-order valence-electron chi connectivity index (χ3n) is 4.34. The molecule has 0 aliphatic carbocycles. The molecule has 5 heteroatoms. The first kappa shape index (κ1) is 16.5. The molecular weight excluding hydrogens is 302 g/mol. The molecule has 1 unspecified atom stereocenters. The van der Waals surface area contributed by atoms with Crippen molar-refractivity contribution in [3.63, 3.8) is 0 Å². The molecule has 1 aromatic heterocycles. The number of nitrogens with one attached hydrogen (secondary N) is 1. The predicted molar refractivity (Wildman–Crippen MR) is 92.9 cm³/mol. The number of para-hydroxylation sites is 1. The number of nitrogens with zero attached hydrogens (tertiary/aromatic N) is 2. The van der Waals surface area contributed by atoms with E-state index in [1.54, 1.807) is 6.20 Å². The van der Waals surface area contributed by atoms with Crippen molar-refractivity contribution in [1.82, 2.24) is 15.2 Å². The zero-order valence-electron chi connectivity index (χ0n) is 13.9. The van der Waals surface area contributed by atoms with E-state index in [0.717, 1.165) is 36.4 Å². The second-order valence-corrected chi connectivity index (χ2v) is 5.84. The van der Waals surface area contributed by atoms with E-state index >= 15 is 0 Å². The minimum absolute atomic E-state index is 0.00460. The normalized spacial score (nSPS) is 17.5. The van der Waals surface area contributed by atoms with Crippen molar-refractivity contribution in [2.45, 2.75) is 19.4 Å². The van der Waals surface area contributed by atoms with Gasteiger partial charge in [0.15, 0.2) is 6.61 Å². The molecule has 1 saturated heterocycles. The Balaban J connectivity index is 1.68. The Morgan fingerprint density at radius 1 is 1.33 bits per heavy atom. The Hall–Kier alpha value is -2.40. The number of aryl methyl sites for hydroxylation is 1. The fourth-order valence-electron chi connectivity index (χ4n) is 3.03. The highest BCUT2D eigenvalue weighted by atomic mass is 16.5. The summed E-state index contributed by atoms with van der Waals surface area (Å²) in [7, 11) is 0. The van der Waals surface area contributed by atoms with Gasteiger partial charge in [0, 0.05) is 32.0 Å². The van der Waals surface area contributed by atoms with Crippen LogP contribution in [0.15, 0.2) is 48.8 Å². The quantitative estimate of drug-likeness (QED) is 0.916. The Morgan fingerprint density at radius 2 is 2.21 bits per heavy atom. The van der Waals surface area contributed by atoms with Gasteiger partial charge in [-0.15, -0.1) is 0 Å². The topological polar surface area (TPSA) is 54.5 Å². The van der Waals surface area contributed by atoms with Gasteiger partial charge in [0.25, 0.3) is 5.91 Å². The van der Waals surface area contributed by atoms with Crippen molar-refractivity contribution >= 4 is 5.91 Å². The Morgan fingerprint density at radius 3 is 3.00 bits per heavy atom. The van der Waals surface area contributed by atoms with E-state index in [4.69, 9.17) is 4.74 Å². The highest BCUT2D eigenvalue weighted by Gasteiger charge is 2.28. The Kier molecular flexibility index (Phi) is 5.43. The molecule has 126 valence electrons. The van der Waals surface area contributed by atoms with Crippen LogP contribution >= 0.6 is 0 Å². The maximum absolute atomic E-state index is 12.7. The molecule has 24 heavy (non-hydrogen) atoms. The minimum atomic E-state index is 0.00460. The van der Waals surface area contributed by atoms with Crippen LogP contribution < -0.4 is 10.1 Å². The number of carbonyl (C=O) groups is 1. The van der Waals surface area contributed by atoms with Crippen LogP contribution in [0.4, 0.5) is 0 Å². The lowest BCUT2D eigenvalue weighted by atomic mass is 10.1. The molecule has 2 heterocycles. The number of ether oxygens (including phenoxy) is 1. The van der Waals surface area contributed by atoms with E-state index < -0.39 is 0 Å². The van der Waals surface area contributed by atoms with Crippen molar-refractivity contribution in [2.75, 3.05) is 26.2 Å². The van der Waals surface area contributed by atoms with Crippen LogP contribution in [0.5, 0.6) is 5.75 Å². The third kappa shape index (κ3) is 3.74. The van der Waals surface area contributed by atoms with E-state index in [-0.39, 0.29) is 18.6 Å². The van der Waals surface area contributed by atoms with Crippen LogP contribution in [0, 0.1) is 0 Å². The van der Waals surface area contributed by atoms with Gasteiger partial charge in [-0.3, -0.25) is 9.78 Å². The molecule has 1 aliphatic heterocycles. The van der Waals surface area contributed by atoms with Crippen molar-refractivity contribution in [3.05, 3.63) is 59.9 Å². The molecule has 1 aromatic carbocycles. The average molecular weight is 325 g/mol. The summed E-state index contributed by atoms with van der Waals surface area (Å²) in [5, 5.41) is 3.35. The lowest BCUT2D eigenvalue weighted by Gasteiger charge is -2.36. The summed E-state index contributed by atoms with van der Waals surface area (Å²) in [5.41, 5.74) is 2.17. The summed E-state index contributed by atoms with van der Waals surface area (Å²) in [4.78, 5) is 18.8. The second kappa shape index (κ2) is 7.93. The van der Waals surface area contributed by atoms with Gasteiger partial charge in [0.05, 0.1) is 6.04 Å². The maximum atomic E-state index is 12.7. The van der Waals surface area contributed by atoms with Crippen molar-refractivity contribution in [3.8, 4) is 5.75 Å². The number of hydrogen-bond donors (Lipinski definition) is 1. The standard InChI is InChI=1S/C19H23N3O2/c1-2-15-6-3-4-8-18(15)24-14-19(23)22-11-10-21-13-17(22)16-7-5-9-20-12-16/h3-9,12,17,21H,2,10-11,13-14H2,1H3. The highest BCUT2D eigenvalue weighted by Crippen LogP contribution is 2.22. The molecule has 0 bridgehead atoms. The predicted octanol–water partition coefficient (Wildman–Crippen LogP) is 2.20. The van der Waals surface area contributed by atoms with Crippen LogP contribution in [0.1, 0.15) is 24.1 Å².